The number of benzene rings is 1. The minimum Gasteiger partial charge on any atom is -0.494 e. The molecule has 0 atom stereocenters. The normalized spacial score (nSPS) is 13.6. The molecule has 3 aromatic heterocycles. The molecule has 12 heteroatoms. The molecule has 1 aliphatic rings. The van der Waals surface area contributed by atoms with Crippen molar-refractivity contribution in [3.8, 4) is 17.0 Å². The van der Waals surface area contributed by atoms with Gasteiger partial charge in [0.1, 0.15) is 23.5 Å². The molecule has 0 saturated carbocycles. The first kappa shape index (κ1) is 25.6. The van der Waals surface area contributed by atoms with Crippen LogP contribution in [-0.4, -0.2) is 61.5 Å². The van der Waals surface area contributed by atoms with Gasteiger partial charge in [-0.25, -0.2) is 14.6 Å². The highest BCUT2D eigenvalue weighted by Gasteiger charge is 2.26. The second-order valence-electron chi connectivity index (χ2n) is 8.60. The molecule has 0 radical (unpaired) electrons. The van der Waals surface area contributed by atoms with Crippen molar-refractivity contribution in [1.82, 2.24) is 29.6 Å². The lowest BCUT2D eigenvalue weighted by atomic mass is 10.1. The van der Waals surface area contributed by atoms with Gasteiger partial charge in [0.15, 0.2) is 11.4 Å². The molecular weight excluding hydrogens is 476 g/mol. The van der Waals surface area contributed by atoms with Gasteiger partial charge in [0.25, 0.3) is 11.9 Å². The highest BCUT2D eigenvalue weighted by Crippen LogP contribution is 2.41. The summed E-state index contributed by atoms with van der Waals surface area (Å²) in [5.41, 5.74) is 9.42. The van der Waals surface area contributed by atoms with E-state index >= 15 is 0 Å². The number of carbonyl (C=O) groups is 2. The number of aryl methyl sites for hydroxylation is 1. The lowest BCUT2D eigenvalue weighted by Gasteiger charge is -2.23. The Hall–Kier alpha value is -4.45. The Morgan fingerprint density at radius 1 is 1.19 bits per heavy atom. The van der Waals surface area contributed by atoms with Crippen LogP contribution in [0.5, 0.6) is 5.75 Å². The first-order chi connectivity index (χ1) is 17.8. The highest BCUT2D eigenvalue weighted by atomic mass is 16.5. The summed E-state index contributed by atoms with van der Waals surface area (Å²) in [6, 6.07) is 9.35. The zero-order chi connectivity index (χ0) is 26.5. The number of aromatic nitrogens is 5. The first-order valence-electron chi connectivity index (χ1n) is 11.8. The minimum atomic E-state index is -0.833. The fourth-order valence-corrected chi connectivity index (χ4v) is 4.41. The number of carbonyl (C=O) groups excluding carboxylic acids is 1. The maximum atomic E-state index is 12.8. The number of hydrogen-bond acceptors (Lipinski definition) is 8. The molecular formula is C25H30N8O4. The van der Waals surface area contributed by atoms with E-state index in [1.807, 2.05) is 36.1 Å². The third-order valence-electron chi connectivity index (χ3n) is 6.07. The Morgan fingerprint density at radius 2 is 1.92 bits per heavy atom. The zero-order valence-electron chi connectivity index (χ0n) is 20.9. The Labute approximate surface area is 213 Å². The van der Waals surface area contributed by atoms with Crippen LogP contribution in [0.3, 0.4) is 0 Å². The molecule has 0 spiro atoms. The van der Waals surface area contributed by atoms with Crippen LogP contribution < -0.4 is 21.1 Å². The maximum absolute atomic E-state index is 12.8. The Bertz CT molecular complexity index is 1420. The molecule has 0 unspecified atom stereocenters. The van der Waals surface area contributed by atoms with E-state index in [1.165, 1.54) is 6.33 Å². The monoisotopic (exact) mass is 506 g/mol. The van der Waals surface area contributed by atoms with Gasteiger partial charge >= 0.3 is 0 Å². The van der Waals surface area contributed by atoms with E-state index in [0.717, 1.165) is 32.9 Å². The molecule has 1 aliphatic heterocycles. The van der Waals surface area contributed by atoms with Crippen LogP contribution in [0.15, 0.2) is 42.9 Å². The van der Waals surface area contributed by atoms with Crippen molar-refractivity contribution in [3.05, 3.63) is 48.5 Å². The van der Waals surface area contributed by atoms with Crippen molar-refractivity contribution < 1.29 is 19.4 Å². The number of carboxylic acids is 1. The number of methoxy groups -OCH3 is 1. The summed E-state index contributed by atoms with van der Waals surface area (Å²) in [7, 11) is 3.40. The van der Waals surface area contributed by atoms with E-state index in [-0.39, 0.29) is 11.9 Å². The fraction of sp³-hybridized carbons (Fsp3) is 0.320. The number of nitrogens with two attached hydrogens (primary N) is 1. The smallest absolute Gasteiger partial charge is 0.300 e. The molecule has 1 aromatic carbocycles. The highest BCUT2D eigenvalue weighted by molar-refractivity contribution is 6.06. The average molecular weight is 507 g/mol. The quantitative estimate of drug-likeness (QED) is 0.319. The van der Waals surface area contributed by atoms with Crippen LogP contribution in [0.2, 0.25) is 0 Å². The van der Waals surface area contributed by atoms with Crippen molar-refractivity contribution in [1.29, 1.82) is 0 Å². The SMILES string of the molecule is CC(=O)O.COc1c(NC(=O)c2cccn2C)cccc1-c1nn(C2CCNCC2)c2ncnc(N)c12. The van der Waals surface area contributed by atoms with Gasteiger partial charge < -0.3 is 30.8 Å². The largest absolute Gasteiger partial charge is 0.494 e. The molecule has 1 saturated heterocycles. The van der Waals surface area contributed by atoms with Crippen molar-refractivity contribution in [2.24, 2.45) is 7.05 Å². The Balaban J connectivity index is 0.000000747. The van der Waals surface area contributed by atoms with Gasteiger partial charge in [0.2, 0.25) is 0 Å². The van der Waals surface area contributed by atoms with Gasteiger partial charge in [-0.05, 0) is 50.2 Å². The Morgan fingerprint density at radius 3 is 2.57 bits per heavy atom. The molecule has 4 heterocycles. The predicted octanol–water partition coefficient (Wildman–Crippen LogP) is 2.69. The van der Waals surface area contributed by atoms with Crippen LogP contribution in [-0.2, 0) is 11.8 Å². The van der Waals surface area contributed by atoms with Crippen molar-refractivity contribution in [2.45, 2.75) is 25.8 Å². The number of hydrogen-bond donors (Lipinski definition) is 4. The molecule has 5 rings (SSSR count). The standard InChI is InChI=1S/C23H26N8O2.C2H4O2/c1-30-12-4-7-17(30)23(32)28-16-6-3-5-15(20(16)33-2)19-18-21(24)26-13-27-22(18)31(29-19)14-8-10-25-11-9-14;1-2(3)4/h3-7,12-14,25H,8-11H2,1-2H3,(H,28,32)(H2,24,26,27);1H3,(H,3,4). The fourth-order valence-electron chi connectivity index (χ4n) is 4.41. The average Bonchev–Trinajstić information content (AvgIpc) is 3.48. The number of anilines is 2. The maximum Gasteiger partial charge on any atom is 0.300 e. The molecule has 12 nitrogen and oxygen atoms in total. The number of fused-ring (bicyclic) bond motifs is 1. The number of para-hydroxylation sites is 1. The number of rotatable bonds is 5. The van der Waals surface area contributed by atoms with E-state index in [2.05, 4.69) is 20.6 Å². The lowest BCUT2D eigenvalue weighted by Crippen LogP contribution is -2.30. The second kappa shape index (κ2) is 11.1. The molecule has 37 heavy (non-hydrogen) atoms. The van der Waals surface area contributed by atoms with Crippen molar-refractivity contribution in [3.63, 3.8) is 0 Å². The summed E-state index contributed by atoms with van der Waals surface area (Å²) in [6.45, 7) is 2.93. The van der Waals surface area contributed by atoms with Crippen molar-refractivity contribution in [2.75, 3.05) is 31.2 Å². The molecule has 0 aliphatic carbocycles. The number of amides is 1. The summed E-state index contributed by atoms with van der Waals surface area (Å²) in [4.78, 5) is 30.6. The number of piperidine rings is 1. The molecule has 1 fully saturated rings. The van der Waals surface area contributed by atoms with Gasteiger partial charge in [-0.1, -0.05) is 6.07 Å². The summed E-state index contributed by atoms with van der Waals surface area (Å²) < 4.78 is 9.48. The number of ether oxygens (including phenoxy) is 1. The summed E-state index contributed by atoms with van der Waals surface area (Å²) in [6.07, 6.45) is 5.19. The third kappa shape index (κ3) is 5.38. The second-order valence-corrected chi connectivity index (χ2v) is 8.60. The van der Waals surface area contributed by atoms with Gasteiger partial charge in [0, 0.05) is 25.7 Å². The van der Waals surface area contributed by atoms with Crippen LogP contribution in [0, 0.1) is 0 Å². The molecule has 0 bridgehead atoms. The van der Waals surface area contributed by atoms with Crippen LogP contribution in [0.25, 0.3) is 22.3 Å². The number of nitrogen functional groups attached to an aromatic ring is 1. The number of nitrogens with one attached hydrogen (secondary N) is 2. The predicted molar refractivity (Wildman–Crippen MR) is 140 cm³/mol. The number of carboxylic acid groups (broad SMARTS) is 1. The van der Waals surface area contributed by atoms with Gasteiger partial charge in [-0.3, -0.25) is 9.59 Å². The van der Waals surface area contributed by atoms with E-state index in [1.54, 1.807) is 23.8 Å². The number of aliphatic carboxylic acids is 1. The minimum absolute atomic E-state index is 0.211. The molecule has 5 N–H and O–H groups in total. The van der Waals surface area contributed by atoms with E-state index in [0.29, 0.717) is 45.2 Å². The summed E-state index contributed by atoms with van der Waals surface area (Å²) in [5, 5.41) is 19.4. The van der Waals surface area contributed by atoms with Crippen LogP contribution >= 0.6 is 0 Å². The van der Waals surface area contributed by atoms with Gasteiger partial charge in [-0.2, -0.15) is 5.10 Å². The molecule has 194 valence electrons. The number of nitrogens with zero attached hydrogens (tertiary/aromatic N) is 5. The Kier molecular flexibility index (Phi) is 7.68. The lowest BCUT2D eigenvalue weighted by molar-refractivity contribution is -0.134. The molecule has 1 amide bonds. The van der Waals surface area contributed by atoms with E-state index in [9.17, 15) is 4.79 Å². The van der Waals surface area contributed by atoms with Gasteiger partial charge in [0.05, 0.1) is 24.2 Å². The zero-order valence-corrected chi connectivity index (χ0v) is 20.9. The topological polar surface area (TPSA) is 162 Å². The summed E-state index contributed by atoms with van der Waals surface area (Å²) >= 11 is 0. The summed E-state index contributed by atoms with van der Waals surface area (Å²) in [5.74, 6) is -0.207. The van der Waals surface area contributed by atoms with Crippen molar-refractivity contribution >= 4 is 34.4 Å². The molecule has 4 aromatic rings. The van der Waals surface area contributed by atoms with Gasteiger partial charge in [-0.15, -0.1) is 0 Å². The van der Waals surface area contributed by atoms with E-state index < -0.39 is 5.97 Å². The van der Waals surface area contributed by atoms with Crippen LogP contribution in [0.4, 0.5) is 11.5 Å². The van der Waals surface area contributed by atoms with E-state index in [4.69, 9.17) is 25.5 Å². The first-order valence-corrected chi connectivity index (χ1v) is 11.8. The van der Waals surface area contributed by atoms with Crippen LogP contribution in [0.1, 0.15) is 36.3 Å². The third-order valence-corrected chi connectivity index (χ3v) is 6.07.